The van der Waals surface area contributed by atoms with Gasteiger partial charge in [-0.2, -0.15) is 0 Å². The first-order chi connectivity index (χ1) is 9.29. The minimum absolute atomic E-state index is 0.644. The number of rotatable bonds is 10. The molecule has 0 aliphatic heterocycles. The molecule has 1 N–H and O–H groups in total. The van der Waals surface area contributed by atoms with Crippen molar-refractivity contribution in [2.75, 3.05) is 40.6 Å². The van der Waals surface area contributed by atoms with E-state index >= 15 is 0 Å². The van der Waals surface area contributed by atoms with Gasteiger partial charge < -0.3 is 19.5 Å². The summed E-state index contributed by atoms with van der Waals surface area (Å²) in [4.78, 5) is 0. The van der Waals surface area contributed by atoms with Crippen molar-refractivity contribution in [2.45, 2.75) is 19.9 Å². The fourth-order valence-electron chi connectivity index (χ4n) is 1.83. The molecule has 0 aliphatic carbocycles. The van der Waals surface area contributed by atoms with Crippen LogP contribution in [-0.4, -0.2) is 40.6 Å². The number of benzene rings is 1. The summed E-state index contributed by atoms with van der Waals surface area (Å²) in [6, 6.07) is 6.22. The molecule has 0 saturated heterocycles. The molecule has 108 valence electrons. The zero-order chi connectivity index (χ0) is 13.9. The molecule has 0 radical (unpaired) electrons. The first-order valence-electron chi connectivity index (χ1n) is 6.72. The van der Waals surface area contributed by atoms with Crippen molar-refractivity contribution in [3.8, 4) is 5.75 Å². The quantitative estimate of drug-likeness (QED) is 0.659. The Morgan fingerprint density at radius 3 is 2.68 bits per heavy atom. The Balaban J connectivity index is 2.32. The summed E-state index contributed by atoms with van der Waals surface area (Å²) in [5, 5.41) is 3.16. The number of methoxy groups -OCH3 is 1. The van der Waals surface area contributed by atoms with Gasteiger partial charge in [0.15, 0.2) is 0 Å². The Morgan fingerprint density at radius 2 is 1.95 bits per heavy atom. The standard InChI is InChI=1S/C15H25NO3/c1-13-6-4-7-14(12-16-2)15(13)19-9-5-8-18-11-10-17-3/h4,6-7,16H,5,8-12H2,1-3H3. The van der Waals surface area contributed by atoms with E-state index < -0.39 is 0 Å². The van der Waals surface area contributed by atoms with Crippen LogP contribution in [0.1, 0.15) is 17.5 Å². The second-order valence-electron chi connectivity index (χ2n) is 4.40. The molecule has 0 fully saturated rings. The lowest BCUT2D eigenvalue weighted by atomic mass is 10.1. The first kappa shape index (κ1) is 16.0. The lowest BCUT2D eigenvalue weighted by Gasteiger charge is -2.14. The highest BCUT2D eigenvalue weighted by molar-refractivity contribution is 5.40. The fraction of sp³-hybridized carbons (Fsp3) is 0.600. The molecule has 4 nitrogen and oxygen atoms in total. The van der Waals surface area contributed by atoms with Gasteiger partial charge >= 0.3 is 0 Å². The smallest absolute Gasteiger partial charge is 0.126 e. The van der Waals surface area contributed by atoms with Crippen LogP contribution in [0, 0.1) is 6.92 Å². The van der Waals surface area contributed by atoms with Gasteiger partial charge in [0, 0.05) is 32.2 Å². The molecule has 0 aromatic heterocycles. The van der Waals surface area contributed by atoms with Gasteiger partial charge in [-0.25, -0.2) is 0 Å². The van der Waals surface area contributed by atoms with Crippen molar-refractivity contribution in [3.63, 3.8) is 0 Å². The number of para-hydroxylation sites is 1. The molecule has 0 heterocycles. The van der Waals surface area contributed by atoms with Gasteiger partial charge in [0.2, 0.25) is 0 Å². The van der Waals surface area contributed by atoms with E-state index in [1.165, 1.54) is 11.1 Å². The SMILES string of the molecule is CNCc1cccc(C)c1OCCCOCCOC. The number of hydrogen-bond acceptors (Lipinski definition) is 4. The molecule has 19 heavy (non-hydrogen) atoms. The number of aryl methyl sites for hydroxylation is 1. The molecular weight excluding hydrogens is 242 g/mol. The van der Waals surface area contributed by atoms with Crippen LogP contribution >= 0.6 is 0 Å². The summed E-state index contributed by atoms with van der Waals surface area (Å²) < 4.78 is 16.2. The molecule has 1 aromatic rings. The third-order valence-corrected chi connectivity index (χ3v) is 2.77. The summed E-state index contributed by atoms with van der Waals surface area (Å²) in [5.74, 6) is 0.994. The Morgan fingerprint density at radius 1 is 1.11 bits per heavy atom. The summed E-state index contributed by atoms with van der Waals surface area (Å²) in [5.41, 5.74) is 2.37. The largest absolute Gasteiger partial charge is 0.493 e. The minimum Gasteiger partial charge on any atom is -0.493 e. The van der Waals surface area contributed by atoms with Crippen LogP contribution in [0.25, 0.3) is 0 Å². The molecule has 0 unspecified atom stereocenters. The lowest BCUT2D eigenvalue weighted by Crippen LogP contribution is -2.10. The van der Waals surface area contributed by atoms with Crippen molar-refractivity contribution >= 4 is 0 Å². The summed E-state index contributed by atoms with van der Waals surface area (Å²) in [6.45, 7) is 5.56. The Kier molecular flexibility index (Phi) is 8.21. The summed E-state index contributed by atoms with van der Waals surface area (Å²) in [6.07, 6.45) is 0.886. The molecule has 0 bridgehead atoms. The van der Waals surface area contributed by atoms with Crippen molar-refractivity contribution in [1.29, 1.82) is 0 Å². The van der Waals surface area contributed by atoms with E-state index in [1.54, 1.807) is 7.11 Å². The van der Waals surface area contributed by atoms with Crippen LogP contribution in [0.3, 0.4) is 0 Å². The van der Waals surface area contributed by atoms with Crippen molar-refractivity contribution in [1.82, 2.24) is 5.32 Å². The monoisotopic (exact) mass is 267 g/mol. The highest BCUT2D eigenvalue weighted by Crippen LogP contribution is 2.23. The van der Waals surface area contributed by atoms with E-state index in [0.29, 0.717) is 26.4 Å². The van der Waals surface area contributed by atoms with Gasteiger partial charge in [0.1, 0.15) is 5.75 Å². The van der Waals surface area contributed by atoms with E-state index in [9.17, 15) is 0 Å². The average molecular weight is 267 g/mol. The number of nitrogens with one attached hydrogen (secondary N) is 1. The normalized spacial score (nSPS) is 10.7. The molecule has 0 atom stereocenters. The molecule has 0 aliphatic rings. The minimum atomic E-state index is 0.644. The lowest BCUT2D eigenvalue weighted by molar-refractivity contribution is 0.0643. The van der Waals surface area contributed by atoms with E-state index in [2.05, 4.69) is 30.4 Å². The molecule has 0 amide bonds. The Labute approximate surface area is 116 Å². The zero-order valence-electron chi connectivity index (χ0n) is 12.2. The molecular formula is C15H25NO3. The average Bonchev–Trinajstić information content (AvgIpc) is 2.41. The summed E-state index contributed by atoms with van der Waals surface area (Å²) in [7, 11) is 3.61. The highest BCUT2D eigenvalue weighted by Gasteiger charge is 2.05. The van der Waals surface area contributed by atoms with Crippen LogP contribution in [0.2, 0.25) is 0 Å². The molecule has 4 heteroatoms. The van der Waals surface area contributed by atoms with Gasteiger partial charge in [-0.1, -0.05) is 18.2 Å². The molecule has 1 rings (SSSR count). The number of ether oxygens (including phenoxy) is 3. The van der Waals surface area contributed by atoms with Crippen LogP contribution in [0.15, 0.2) is 18.2 Å². The Bertz CT molecular complexity index is 355. The van der Waals surface area contributed by atoms with Crippen molar-refractivity contribution < 1.29 is 14.2 Å². The van der Waals surface area contributed by atoms with Crippen LogP contribution in [0.4, 0.5) is 0 Å². The Hall–Kier alpha value is -1.10. The van der Waals surface area contributed by atoms with E-state index in [1.807, 2.05) is 7.05 Å². The maximum Gasteiger partial charge on any atom is 0.126 e. The fourth-order valence-corrected chi connectivity index (χ4v) is 1.83. The number of hydrogen-bond donors (Lipinski definition) is 1. The van der Waals surface area contributed by atoms with Crippen molar-refractivity contribution in [2.24, 2.45) is 0 Å². The van der Waals surface area contributed by atoms with Crippen LogP contribution in [-0.2, 0) is 16.0 Å². The van der Waals surface area contributed by atoms with E-state index in [-0.39, 0.29) is 0 Å². The predicted molar refractivity (Wildman–Crippen MR) is 76.7 cm³/mol. The second kappa shape index (κ2) is 9.78. The maximum atomic E-state index is 5.88. The van der Waals surface area contributed by atoms with E-state index in [0.717, 1.165) is 18.7 Å². The van der Waals surface area contributed by atoms with Crippen LogP contribution < -0.4 is 10.1 Å². The summed E-state index contributed by atoms with van der Waals surface area (Å²) >= 11 is 0. The van der Waals surface area contributed by atoms with Crippen LogP contribution in [0.5, 0.6) is 5.75 Å². The zero-order valence-corrected chi connectivity index (χ0v) is 12.2. The first-order valence-corrected chi connectivity index (χ1v) is 6.72. The van der Waals surface area contributed by atoms with Gasteiger partial charge in [0.25, 0.3) is 0 Å². The topological polar surface area (TPSA) is 39.7 Å². The molecule has 1 aromatic carbocycles. The van der Waals surface area contributed by atoms with Gasteiger partial charge in [-0.05, 0) is 19.5 Å². The molecule has 0 spiro atoms. The second-order valence-corrected chi connectivity index (χ2v) is 4.40. The highest BCUT2D eigenvalue weighted by atomic mass is 16.5. The molecule has 0 saturated carbocycles. The van der Waals surface area contributed by atoms with Gasteiger partial charge in [0.05, 0.1) is 19.8 Å². The van der Waals surface area contributed by atoms with Crippen molar-refractivity contribution in [3.05, 3.63) is 29.3 Å². The predicted octanol–water partition coefficient (Wildman–Crippen LogP) is 2.15. The van der Waals surface area contributed by atoms with Gasteiger partial charge in [-0.15, -0.1) is 0 Å². The van der Waals surface area contributed by atoms with Gasteiger partial charge in [-0.3, -0.25) is 0 Å². The third kappa shape index (κ3) is 6.05. The third-order valence-electron chi connectivity index (χ3n) is 2.77. The van der Waals surface area contributed by atoms with E-state index in [4.69, 9.17) is 14.2 Å². The maximum absolute atomic E-state index is 5.88.